The van der Waals surface area contributed by atoms with Crippen LogP contribution >= 0.6 is 11.8 Å². The van der Waals surface area contributed by atoms with Gasteiger partial charge in [0.15, 0.2) is 0 Å². The van der Waals surface area contributed by atoms with E-state index < -0.39 is 0 Å². The number of aromatic nitrogens is 2. The number of nitrogens with zero attached hydrogens (tertiary/aromatic N) is 3. The van der Waals surface area contributed by atoms with Crippen molar-refractivity contribution in [1.29, 1.82) is 0 Å². The molecule has 6 nitrogen and oxygen atoms in total. The van der Waals surface area contributed by atoms with Crippen molar-refractivity contribution in [1.82, 2.24) is 15.3 Å². The molecule has 2 N–H and O–H groups in total. The number of hydrogen-bond donors (Lipinski definition) is 2. The van der Waals surface area contributed by atoms with Crippen LogP contribution in [0.2, 0.25) is 0 Å². The average Bonchev–Trinajstić information content (AvgIpc) is 3.61. The summed E-state index contributed by atoms with van der Waals surface area (Å²) in [4.78, 5) is 24.4. The normalized spacial score (nSPS) is 35.6. The van der Waals surface area contributed by atoms with Gasteiger partial charge < -0.3 is 15.5 Å². The van der Waals surface area contributed by atoms with Gasteiger partial charge in [0, 0.05) is 42.7 Å². The Kier molecular flexibility index (Phi) is 5.14. The summed E-state index contributed by atoms with van der Waals surface area (Å²) in [6.07, 6.45) is 11.1. The molecule has 3 atom stereocenters. The van der Waals surface area contributed by atoms with E-state index in [0.29, 0.717) is 29.3 Å². The van der Waals surface area contributed by atoms with Gasteiger partial charge in [0.2, 0.25) is 11.9 Å². The largest absolute Gasteiger partial charge is 0.362 e. The molecule has 1 amide bonds. The molecule has 180 valence electrons. The van der Waals surface area contributed by atoms with Gasteiger partial charge in [-0.2, -0.15) is 4.98 Å². The first-order chi connectivity index (χ1) is 16.3. The SMILES string of the molecule is CN(C)c1nc(NC2CC23CCC2(CC3)C[C@H]2NC(=O)CC2(C)CC=CS2)nc2ccccc12. The molecule has 3 aliphatic carbocycles. The maximum atomic E-state index is 12.7. The lowest BCUT2D eigenvalue weighted by molar-refractivity contribution is -0.121. The van der Waals surface area contributed by atoms with Crippen LogP contribution < -0.4 is 15.5 Å². The quantitative estimate of drug-likeness (QED) is 0.602. The second-order valence-corrected chi connectivity index (χ2v) is 13.0. The number of amides is 1. The van der Waals surface area contributed by atoms with Crippen LogP contribution in [0, 0.1) is 10.8 Å². The number of fused-ring (bicyclic) bond motifs is 1. The zero-order valence-corrected chi connectivity index (χ0v) is 21.3. The van der Waals surface area contributed by atoms with Gasteiger partial charge in [-0.3, -0.25) is 4.79 Å². The molecule has 0 bridgehead atoms. The van der Waals surface area contributed by atoms with Gasteiger partial charge in [-0.05, 0) is 80.2 Å². The maximum Gasteiger partial charge on any atom is 0.225 e. The highest BCUT2D eigenvalue weighted by atomic mass is 32.2. The van der Waals surface area contributed by atoms with Gasteiger partial charge in [0.1, 0.15) is 5.82 Å². The highest BCUT2D eigenvalue weighted by molar-refractivity contribution is 8.03. The lowest BCUT2D eigenvalue weighted by atomic mass is 9.76. The molecule has 1 aromatic carbocycles. The minimum atomic E-state index is 0.0486. The van der Waals surface area contributed by atoms with Crippen molar-refractivity contribution in [3.63, 3.8) is 0 Å². The van der Waals surface area contributed by atoms with E-state index >= 15 is 0 Å². The van der Waals surface area contributed by atoms with E-state index in [0.717, 1.165) is 35.5 Å². The van der Waals surface area contributed by atoms with Crippen molar-refractivity contribution in [2.75, 3.05) is 24.3 Å². The summed E-state index contributed by atoms with van der Waals surface area (Å²) >= 11 is 1.80. The van der Waals surface area contributed by atoms with E-state index in [1.54, 1.807) is 11.8 Å². The Morgan fingerprint density at radius 2 is 1.79 bits per heavy atom. The topological polar surface area (TPSA) is 70.2 Å². The van der Waals surface area contributed by atoms with Crippen molar-refractivity contribution >= 4 is 40.3 Å². The highest BCUT2D eigenvalue weighted by Crippen LogP contribution is 2.67. The Balaban J connectivity index is 1.05. The zero-order chi connectivity index (χ0) is 23.6. The van der Waals surface area contributed by atoms with Crippen molar-refractivity contribution in [3.05, 3.63) is 35.7 Å². The summed E-state index contributed by atoms with van der Waals surface area (Å²) in [7, 11) is 4.07. The van der Waals surface area contributed by atoms with Crippen LogP contribution in [0.5, 0.6) is 0 Å². The fraction of sp³-hybridized carbons (Fsp3) is 0.593. The Morgan fingerprint density at radius 1 is 1.09 bits per heavy atom. The molecule has 6 rings (SSSR count). The van der Waals surface area contributed by atoms with Gasteiger partial charge in [0.25, 0.3) is 0 Å². The Hall–Kier alpha value is -2.28. The van der Waals surface area contributed by atoms with E-state index in [1.165, 1.54) is 32.1 Å². The van der Waals surface area contributed by atoms with Crippen molar-refractivity contribution < 1.29 is 4.79 Å². The van der Waals surface area contributed by atoms with Crippen LogP contribution in [-0.2, 0) is 4.79 Å². The van der Waals surface area contributed by atoms with Gasteiger partial charge in [-0.1, -0.05) is 18.2 Å². The number of hydrogen-bond acceptors (Lipinski definition) is 6. The predicted octanol–water partition coefficient (Wildman–Crippen LogP) is 5.11. The summed E-state index contributed by atoms with van der Waals surface area (Å²) in [5, 5.41) is 10.3. The number of carbonyl (C=O) groups excluding carboxylic acids is 1. The van der Waals surface area contributed by atoms with Crippen LogP contribution in [0.15, 0.2) is 35.7 Å². The lowest BCUT2D eigenvalue weighted by Gasteiger charge is -2.31. The molecule has 2 heterocycles. The van der Waals surface area contributed by atoms with E-state index in [1.807, 2.05) is 26.2 Å². The molecule has 1 aromatic heterocycles. The smallest absolute Gasteiger partial charge is 0.225 e. The van der Waals surface area contributed by atoms with Gasteiger partial charge >= 0.3 is 0 Å². The molecule has 2 unspecified atom stereocenters. The van der Waals surface area contributed by atoms with Gasteiger partial charge in [-0.15, -0.1) is 11.8 Å². The fourth-order valence-corrected chi connectivity index (χ4v) is 7.26. The number of benzene rings is 1. The second-order valence-electron chi connectivity index (χ2n) is 11.6. The zero-order valence-electron chi connectivity index (χ0n) is 20.4. The van der Waals surface area contributed by atoms with Gasteiger partial charge in [0.05, 0.1) is 5.52 Å². The molecule has 0 saturated heterocycles. The van der Waals surface area contributed by atoms with Crippen LogP contribution in [0.1, 0.15) is 58.3 Å². The number of nitrogens with one attached hydrogen (secondary N) is 2. The van der Waals surface area contributed by atoms with E-state index in [-0.39, 0.29) is 10.7 Å². The third kappa shape index (κ3) is 3.96. The standard InChI is InChI=1S/C27H35N5OS/c1-25(9-6-14-34-25)17-22(33)29-20-15-26(20)10-12-27(13-11-26)16-21(27)30-24-28-19-8-5-4-7-18(19)23(31-24)32(2)3/h4-8,14,20-21H,9-13,15-17H2,1-3H3,(H,29,33)(H,28,30,31)/t20-,21?,25?,26?,27?/m1/s1. The Morgan fingerprint density at radius 3 is 2.50 bits per heavy atom. The van der Waals surface area contributed by atoms with Crippen LogP contribution in [-0.4, -0.2) is 46.8 Å². The van der Waals surface area contributed by atoms with Crippen LogP contribution in [0.3, 0.4) is 0 Å². The molecule has 4 aliphatic rings. The van der Waals surface area contributed by atoms with E-state index in [9.17, 15) is 4.79 Å². The number of allylic oxidation sites excluding steroid dienone is 1. The van der Waals surface area contributed by atoms with Crippen molar-refractivity contribution in [2.24, 2.45) is 10.8 Å². The molecule has 1 aliphatic heterocycles. The summed E-state index contributed by atoms with van der Waals surface area (Å²) in [6.45, 7) is 2.20. The lowest BCUT2D eigenvalue weighted by Crippen LogP contribution is -2.36. The molecule has 2 aromatic rings. The summed E-state index contributed by atoms with van der Waals surface area (Å²) in [6, 6.07) is 9.07. The third-order valence-electron chi connectivity index (χ3n) is 8.80. The molecule has 3 saturated carbocycles. The maximum absolute atomic E-state index is 12.7. The molecule has 2 spiro atoms. The predicted molar refractivity (Wildman–Crippen MR) is 140 cm³/mol. The Labute approximate surface area is 206 Å². The monoisotopic (exact) mass is 477 g/mol. The van der Waals surface area contributed by atoms with Gasteiger partial charge in [-0.25, -0.2) is 4.98 Å². The fourth-order valence-electron chi connectivity index (χ4n) is 6.33. The minimum absolute atomic E-state index is 0.0486. The number of anilines is 2. The minimum Gasteiger partial charge on any atom is -0.362 e. The molecule has 0 radical (unpaired) electrons. The van der Waals surface area contributed by atoms with E-state index in [4.69, 9.17) is 9.97 Å². The molecule has 34 heavy (non-hydrogen) atoms. The van der Waals surface area contributed by atoms with E-state index in [2.05, 4.69) is 46.1 Å². The first-order valence-electron chi connectivity index (χ1n) is 12.6. The van der Waals surface area contributed by atoms with Crippen molar-refractivity contribution in [3.8, 4) is 0 Å². The number of rotatable bonds is 6. The highest BCUT2D eigenvalue weighted by Gasteiger charge is 2.63. The first kappa shape index (κ1) is 22.2. The summed E-state index contributed by atoms with van der Waals surface area (Å²) in [5.74, 6) is 1.94. The third-order valence-corrected chi connectivity index (χ3v) is 10.0. The second kappa shape index (κ2) is 7.87. The van der Waals surface area contributed by atoms with Crippen LogP contribution in [0.4, 0.5) is 11.8 Å². The summed E-state index contributed by atoms with van der Waals surface area (Å²) < 4.78 is 0.0486. The molecular formula is C27H35N5OS. The first-order valence-corrected chi connectivity index (χ1v) is 13.5. The average molecular weight is 478 g/mol. The Bertz CT molecular complexity index is 1140. The molecule has 3 fully saturated rings. The molecule has 7 heteroatoms. The number of para-hydroxylation sites is 1. The van der Waals surface area contributed by atoms with Crippen molar-refractivity contribution in [2.45, 2.75) is 75.1 Å². The molecular weight excluding hydrogens is 442 g/mol. The number of thioether (sulfide) groups is 1. The van der Waals surface area contributed by atoms with Crippen LogP contribution in [0.25, 0.3) is 10.9 Å². The summed E-state index contributed by atoms with van der Waals surface area (Å²) in [5.41, 5.74) is 1.72. The number of carbonyl (C=O) groups is 1.